The Kier molecular flexibility index (Phi) is 5.69. The Morgan fingerprint density at radius 3 is 2.68 bits per heavy atom. The highest BCUT2D eigenvalue weighted by molar-refractivity contribution is 7.80. The summed E-state index contributed by atoms with van der Waals surface area (Å²) < 4.78 is 7.40. The summed E-state index contributed by atoms with van der Waals surface area (Å²) in [7, 11) is 1.73. The minimum atomic E-state index is 0.0165. The molecule has 5 nitrogen and oxygen atoms in total. The number of hydrogen-bond acceptors (Lipinski definition) is 3. The van der Waals surface area contributed by atoms with Gasteiger partial charge in [-0.25, -0.2) is 0 Å². The van der Waals surface area contributed by atoms with Gasteiger partial charge in [0.1, 0.15) is 0 Å². The summed E-state index contributed by atoms with van der Waals surface area (Å²) >= 11 is 5.68. The van der Waals surface area contributed by atoms with E-state index in [1.54, 1.807) is 7.11 Å². The molecule has 144 valence electrons. The number of rotatable bonds is 7. The molecule has 0 saturated carbocycles. The van der Waals surface area contributed by atoms with Gasteiger partial charge in [-0.1, -0.05) is 24.3 Å². The normalized spacial score (nSPS) is 19.0. The topological polar surface area (TPSA) is 42.3 Å². The number of aromatic nitrogens is 2. The fourth-order valence-corrected chi connectivity index (χ4v) is 4.07. The Bertz CT molecular complexity index is 913. The van der Waals surface area contributed by atoms with Crippen molar-refractivity contribution < 1.29 is 4.74 Å². The lowest BCUT2D eigenvalue weighted by Crippen LogP contribution is -2.31. The van der Waals surface area contributed by atoms with E-state index < -0.39 is 0 Å². The summed E-state index contributed by atoms with van der Waals surface area (Å²) in [5.41, 5.74) is 3.35. The number of hydrogen-bond donors (Lipinski definition) is 1. The van der Waals surface area contributed by atoms with E-state index in [4.69, 9.17) is 17.0 Å². The molecule has 2 aromatic heterocycles. The van der Waals surface area contributed by atoms with Gasteiger partial charge in [-0.05, 0) is 54.5 Å². The van der Waals surface area contributed by atoms with Gasteiger partial charge in [-0.2, -0.15) is 0 Å². The van der Waals surface area contributed by atoms with Crippen LogP contribution in [0, 0.1) is 0 Å². The molecule has 0 spiro atoms. The van der Waals surface area contributed by atoms with Gasteiger partial charge < -0.3 is 19.5 Å². The zero-order valence-corrected chi connectivity index (χ0v) is 16.7. The zero-order valence-electron chi connectivity index (χ0n) is 15.9. The van der Waals surface area contributed by atoms with Crippen LogP contribution in [0.25, 0.3) is 5.69 Å². The van der Waals surface area contributed by atoms with E-state index in [-0.39, 0.29) is 12.1 Å². The molecule has 3 aromatic rings. The minimum absolute atomic E-state index is 0.0165. The predicted octanol–water partition coefficient (Wildman–Crippen LogP) is 3.88. The molecule has 0 aliphatic carbocycles. The molecule has 28 heavy (non-hydrogen) atoms. The number of ether oxygens (including phenoxy) is 1. The smallest absolute Gasteiger partial charge is 0.170 e. The molecule has 0 bridgehead atoms. The monoisotopic (exact) mass is 392 g/mol. The highest BCUT2D eigenvalue weighted by atomic mass is 32.1. The number of thiocarbonyl (C=S) groups is 1. The molecule has 1 fully saturated rings. The summed E-state index contributed by atoms with van der Waals surface area (Å²) in [6, 6.07) is 18.6. The number of benzene rings is 1. The van der Waals surface area contributed by atoms with Gasteiger partial charge in [0.25, 0.3) is 0 Å². The van der Waals surface area contributed by atoms with Gasteiger partial charge in [-0.15, -0.1) is 0 Å². The second-order valence-electron chi connectivity index (χ2n) is 6.85. The van der Waals surface area contributed by atoms with Crippen LogP contribution in [-0.2, 0) is 4.74 Å². The van der Waals surface area contributed by atoms with E-state index in [0.29, 0.717) is 6.61 Å². The quantitative estimate of drug-likeness (QED) is 0.488. The van der Waals surface area contributed by atoms with Crippen molar-refractivity contribution in [2.24, 2.45) is 0 Å². The first-order valence-electron chi connectivity index (χ1n) is 9.48. The molecule has 3 heterocycles. The van der Waals surface area contributed by atoms with Crippen molar-refractivity contribution in [2.75, 3.05) is 20.3 Å². The largest absolute Gasteiger partial charge is 0.385 e. The van der Waals surface area contributed by atoms with Crippen LogP contribution in [0.15, 0.2) is 73.2 Å². The molecule has 1 aliphatic heterocycles. The van der Waals surface area contributed by atoms with E-state index in [9.17, 15) is 0 Å². The van der Waals surface area contributed by atoms with Gasteiger partial charge in [0.15, 0.2) is 5.11 Å². The van der Waals surface area contributed by atoms with Crippen molar-refractivity contribution in [2.45, 2.75) is 18.5 Å². The van der Waals surface area contributed by atoms with Crippen LogP contribution in [0.2, 0.25) is 0 Å². The van der Waals surface area contributed by atoms with Gasteiger partial charge in [0, 0.05) is 44.5 Å². The second kappa shape index (κ2) is 8.54. The molecular formula is C22H24N4OS. The molecule has 6 heteroatoms. The number of pyridine rings is 1. The van der Waals surface area contributed by atoms with Gasteiger partial charge in [-0.3, -0.25) is 4.98 Å². The Morgan fingerprint density at radius 2 is 1.93 bits per heavy atom. The van der Waals surface area contributed by atoms with E-state index in [2.05, 4.69) is 68.6 Å². The summed E-state index contributed by atoms with van der Waals surface area (Å²) in [5.74, 6) is 0. The van der Waals surface area contributed by atoms with Crippen LogP contribution in [0.5, 0.6) is 0 Å². The van der Waals surface area contributed by atoms with Crippen molar-refractivity contribution in [3.05, 3.63) is 84.4 Å². The fourth-order valence-electron chi connectivity index (χ4n) is 3.74. The Balaban J connectivity index is 1.68. The second-order valence-corrected chi connectivity index (χ2v) is 7.24. The lowest BCUT2D eigenvalue weighted by Gasteiger charge is -2.27. The molecule has 0 unspecified atom stereocenters. The molecule has 1 saturated heterocycles. The number of para-hydroxylation sites is 1. The number of nitrogens with zero attached hydrogens (tertiary/aromatic N) is 3. The highest BCUT2D eigenvalue weighted by Crippen LogP contribution is 2.38. The summed E-state index contributed by atoms with van der Waals surface area (Å²) in [6.07, 6.45) is 7.05. The Hall–Kier alpha value is -2.70. The van der Waals surface area contributed by atoms with Gasteiger partial charge in [0.2, 0.25) is 0 Å². The third-order valence-corrected chi connectivity index (χ3v) is 5.41. The molecule has 1 aliphatic rings. The molecule has 1 N–H and O–H groups in total. The Morgan fingerprint density at radius 1 is 1.11 bits per heavy atom. The van der Waals surface area contributed by atoms with E-state index in [0.717, 1.165) is 29.5 Å². The first-order valence-corrected chi connectivity index (χ1v) is 9.89. The molecule has 1 aromatic carbocycles. The van der Waals surface area contributed by atoms with Gasteiger partial charge in [0.05, 0.1) is 17.8 Å². The van der Waals surface area contributed by atoms with Crippen LogP contribution >= 0.6 is 12.2 Å². The maximum atomic E-state index is 5.68. The fraction of sp³-hybridized carbons (Fsp3) is 0.273. The van der Waals surface area contributed by atoms with Crippen molar-refractivity contribution in [3.63, 3.8) is 0 Å². The third-order valence-electron chi connectivity index (χ3n) is 5.06. The van der Waals surface area contributed by atoms with Crippen LogP contribution in [-0.4, -0.2) is 39.8 Å². The van der Waals surface area contributed by atoms with Crippen LogP contribution < -0.4 is 5.32 Å². The molecule has 0 amide bonds. The van der Waals surface area contributed by atoms with Crippen LogP contribution in [0.3, 0.4) is 0 Å². The predicted molar refractivity (Wildman–Crippen MR) is 114 cm³/mol. The molecule has 0 radical (unpaired) electrons. The maximum absolute atomic E-state index is 5.68. The van der Waals surface area contributed by atoms with Crippen LogP contribution in [0.4, 0.5) is 0 Å². The highest BCUT2D eigenvalue weighted by Gasteiger charge is 2.39. The minimum Gasteiger partial charge on any atom is -0.385 e. The maximum Gasteiger partial charge on any atom is 0.170 e. The third kappa shape index (κ3) is 3.79. The van der Waals surface area contributed by atoms with E-state index >= 15 is 0 Å². The average molecular weight is 393 g/mol. The van der Waals surface area contributed by atoms with Crippen LogP contribution in [0.1, 0.15) is 29.8 Å². The first kappa shape index (κ1) is 18.7. The Labute approximate surface area is 171 Å². The van der Waals surface area contributed by atoms with Crippen molar-refractivity contribution in [1.29, 1.82) is 0 Å². The first-order chi connectivity index (χ1) is 13.8. The average Bonchev–Trinajstić information content (AvgIpc) is 3.35. The SMILES string of the molecule is COCCCN1C(=S)N[C@@H](c2ccccn2)[C@@H]1c1ccn(-c2ccccc2)c1. The summed E-state index contributed by atoms with van der Waals surface area (Å²) in [5, 5.41) is 4.26. The lowest BCUT2D eigenvalue weighted by atomic mass is 9.99. The van der Waals surface area contributed by atoms with Crippen molar-refractivity contribution in [3.8, 4) is 5.69 Å². The lowest BCUT2D eigenvalue weighted by molar-refractivity contribution is 0.180. The van der Waals surface area contributed by atoms with E-state index in [1.165, 1.54) is 5.56 Å². The molecule has 2 atom stereocenters. The number of methoxy groups -OCH3 is 1. The van der Waals surface area contributed by atoms with E-state index in [1.807, 2.05) is 24.4 Å². The van der Waals surface area contributed by atoms with Crippen molar-refractivity contribution >= 4 is 17.3 Å². The number of nitrogens with one attached hydrogen (secondary N) is 1. The zero-order chi connectivity index (χ0) is 19.3. The molecular weight excluding hydrogens is 368 g/mol. The summed E-state index contributed by atoms with van der Waals surface area (Å²) in [6.45, 7) is 1.55. The van der Waals surface area contributed by atoms with Gasteiger partial charge >= 0.3 is 0 Å². The standard InChI is InChI=1S/C22H24N4OS/c1-27-15-7-13-26-21(20(24-22(26)28)19-10-5-6-12-23-19)17-11-14-25(16-17)18-8-3-2-4-9-18/h2-6,8-12,14,16,20-21H,7,13,15H2,1H3,(H,24,28)/t20-,21-/m0/s1. The van der Waals surface area contributed by atoms with Crippen molar-refractivity contribution in [1.82, 2.24) is 19.8 Å². The molecule has 4 rings (SSSR count). The summed E-state index contributed by atoms with van der Waals surface area (Å²) in [4.78, 5) is 6.85.